The Labute approximate surface area is 134 Å². The summed E-state index contributed by atoms with van der Waals surface area (Å²) in [6.45, 7) is 7.44. The van der Waals surface area contributed by atoms with Crippen LogP contribution in [-0.2, 0) is 9.53 Å². The maximum atomic E-state index is 11.9. The first kappa shape index (κ1) is 16.5. The Morgan fingerprint density at radius 3 is 2.62 bits per heavy atom. The molecule has 0 radical (unpaired) electrons. The summed E-state index contributed by atoms with van der Waals surface area (Å²) in [7, 11) is 0. The van der Waals surface area contributed by atoms with Crippen LogP contribution in [0, 0.1) is 5.41 Å². The number of amides is 1. The molecule has 0 bridgehead atoms. The van der Waals surface area contributed by atoms with Gasteiger partial charge < -0.3 is 15.4 Å². The summed E-state index contributed by atoms with van der Waals surface area (Å²) >= 11 is 3.37. The van der Waals surface area contributed by atoms with Gasteiger partial charge in [-0.15, -0.1) is 0 Å². The monoisotopic (exact) mass is 354 g/mol. The Morgan fingerprint density at radius 1 is 1.38 bits per heavy atom. The zero-order valence-electron chi connectivity index (χ0n) is 12.8. The molecule has 1 aromatic rings. The van der Waals surface area contributed by atoms with Crippen molar-refractivity contribution in [2.75, 3.05) is 18.5 Å². The molecule has 4 nitrogen and oxygen atoms in total. The van der Waals surface area contributed by atoms with Crippen LogP contribution in [0.15, 0.2) is 28.7 Å². The van der Waals surface area contributed by atoms with Crippen molar-refractivity contribution in [1.29, 1.82) is 0 Å². The first-order chi connectivity index (χ1) is 9.93. The van der Waals surface area contributed by atoms with Gasteiger partial charge in [-0.3, -0.25) is 4.79 Å². The van der Waals surface area contributed by atoms with Crippen LogP contribution in [0.25, 0.3) is 0 Å². The van der Waals surface area contributed by atoms with Gasteiger partial charge in [0.05, 0.1) is 12.6 Å². The lowest BCUT2D eigenvalue weighted by atomic mass is 9.64. The minimum absolute atomic E-state index is 0.0204. The molecule has 0 spiro atoms. The summed E-state index contributed by atoms with van der Waals surface area (Å²) in [6.07, 6.45) is 1.25. The van der Waals surface area contributed by atoms with E-state index < -0.39 is 0 Å². The van der Waals surface area contributed by atoms with Crippen molar-refractivity contribution in [1.82, 2.24) is 5.32 Å². The van der Waals surface area contributed by atoms with E-state index in [9.17, 15) is 4.79 Å². The molecular formula is C16H23BrN2O2. The molecule has 0 saturated heterocycles. The van der Waals surface area contributed by atoms with Gasteiger partial charge in [0.2, 0.25) is 5.91 Å². The highest BCUT2D eigenvalue weighted by atomic mass is 79.9. The third-order valence-electron chi connectivity index (χ3n) is 4.18. The number of hydrogen-bond acceptors (Lipinski definition) is 3. The summed E-state index contributed by atoms with van der Waals surface area (Å²) in [4.78, 5) is 11.9. The molecule has 21 heavy (non-hydrogen) atoms. The van der Waals surface area contributed by atoms with Gasteiger partial charge in [-0.1, -0.05) is 29.8 Å². The number of nitrogens with one attached hydrogen (secondary N) is 2. The van der Waals surface area contributed by atoms with E-state index in [4.69, 9.17) is 4.74 Å². The number of ether oxygens (including phenoxy) is 1. The molecule has 2 unspecified atom stereocenters. The molecule has 116 valence electrons. The average molecular weight is 355 g/mol. The minimum atomic E-state index is -0.0204. The third kappa shape index (κ3) is 4.05. The predicted octanol–water partition coefficient (Wildman–Crippen LogP) is 3.18. The van der Waals surface area contributed by atoms with Crippen LogP contribution in [0.4, 0.5) is 5.69 Å². The summed E-state index contributed by atoms with van der Waals surface area (Å²) in [6, 6.07) is 7.89. The average Bonchev–Trinajstić information content (AvgIpc) is 2.44. The van der Waals surface area contributed by atoms with Gasteiger partial charge in [0, 0.05) is 28.2 Å². The van der Waals surface area contributed by atoms with Crippen molar-refractivity contribution in [2.24, 2.45) is 5.41 Å². The Bertz CT molecular complexity index is 488. The van der Waals surface area contributed by atoms with E-state index in [0.29, 0.717) is 12.6 Å². The maximum Gasteiger partial charge on any atom is 0.238 e. The smallest absolute Gasteiger partial charge is 0.238 e. The van der Waals surface area contributed by atoms with E-state index in [1.165, 1.54) is 0 Å². The summed E-state index contributed by atoms with van der Waals surface area (Å²) < 4.78 is 6.69. The molecule has 1 aliphatic rings. The lowest BCUT2D eigenvalue weighted by molar-refractivity contribution is -0.123. The predicted molar refractivity (Wildman–Crippen MR) is 88.4 cm³/mol. The van der Waals surface area contributed by atoms with Gasteiger partial charge >= 0.3 is 0 Å². The highest BCUT2D eigenvalue weighted by Gasteiger charge is 2.48. The van der Waals surface area contributed by atoms with Gasteiger partial charge in [0.1, 0.15) is 0 Å². The van der Waals surface area contributed by atoms with Crippen LogP contribution in [0.5, 0.6) is 0 Å². The lowest BCUT2D eigenvalue weighted by Gasteiger charge is -2.51. The number of anilines is 1. The van der Waals surface area contributed by atoms with Crippen LogP contribution >= 0.6 is 15.9 Å². The first-order valence-corrected chi connectivity index (χ1v) is 8.13. The topological polar surface area (TPSA) is 50.4 Å². The first-order valence-electron chi connectivity index (χ1n) is 7.34. The second-order valence-corrected chi connectivity index (χ2v) is 6.91. The highest BCUT2D eigenvalue weighted by Crippen LogP contribution is 2.42. The van der Waals surface area contributed by atoms with Crippen molar-refractivity contribution in [3.05, 3.63) is 28.7 Å². The van der Waals surface area contributed by atoms with Crippen molar-refractivity contribution in [3.8, 4) is 0 Å². The molecule has 0 aliphatic heterocycles. The summed E-state index contributed by atoms with van der Waals surface area (Å²) in [5.41, 5.74) is 0.888. The minimum Gasteiger partial charge on any atom is -0.378 e. The molecule has 1 amide bonds. The van der Waals surface area contributed by atoms with Crippen LogP contribution < -0.4 is 10.6 Å². The zero-order chi connectivity index (χ0) is 15.5. The lowest BCUT2D eigenvalue weighted by Crippen LogP contribution is -2.61. The summed E-state index contributed by atoms with van der Waals surface area (Å²) in [5.74, 6) is -0.0204. The third-order valence-corrected chi connectivity index (χ3v) is 4.71. The number of halogens is 1. The molecule has 1 saturated carbocycles. The number of hydrogen-bond donors (Lipinski definition) is 2. The van der Waals surface area contributed by atoms with Crippen molar-refractivity contribution in [2.45, 2.75) is 39.3 Å². The van der Waals surface area contributed by atoms with Gasteiger partial charge in [0.25, 0.3) is 0 Å². The Kier molecular flexibility index (Phi) is 5.41. The largest absolute Gasteiger partial charge is 0.378 e. The molecule has 2 rings (SSSR count). The second kappa shape index (κ2) is 6.90. The fourth-order valence-corrected chi connectivity index (χ4v) is 2.93. The Balaban J connectivity index is 1.76. The van der Waals surface area contributed by atoms with Gasteiger partial charge in [-0.25, -0.2) is 0 Å². The molecule has 2 atom stereocenters. The molecule has 2 N–H and O–H groups in total. The standard InChI is InChI=1S/C16H23BrN2O2/c1-4-21-14-9-13(16(14,2)3)18-10-15(20)19-12-7-5-11(17)6-8-12/h5-8,13-14,18H,4,9-10H2,1-3H3,(H,19,20). The zero-order valence-corrected chi connectivity index (χ0v) is 14.4. The Morgan fingerprint density at radius 2 is 2.05 bits per heavy atom. The van der Waals surface area contributed by atoms with Gasteiger partial charge in [0.15, 0.2) is 0 Å². The number of carbonyl (C=O) groups excluding carboxylic acids is 1. The molecule has 0 heterocycles. The van der Waals surface area contributed by atoms with Gasteiger partial charge in [-0.05, 0) is 37.6 Å². The van der Waals surface area contributed by atoms with E-state index in [1.807, 2.05) is 31.2 Å². The van der Waals surface area contributed by atoms with Crippen molar-refractivity contribution < 1.29 is 9.53 Å². The maximum absolute atomic E-state index is 11.9. The van der Waals surface area contributed by atoms with E-state index in [1.54, 1.807) is 0 Å². The molecule has 1 aliphatic carbocycles. The number of benzene rings is 1. The van der Waals surface area contributed by atoms with Crippen LogP contribution in [-0.4, -0.2) is 31.2 Å². The molecular weight excluding hydrogens is 332 g/mol. The highest BCUT2D eigenvalue weighted by molar-refractivity contribution is 9.10. The fourth-order valence-electron chi connectivity index (χ4n) is 2.67. The Hall–Kier alpha value is -0.910. The molecule has 1 fully saturated rings. The van der Waals surface area contributed by atoms with Crippen molar-refractivity contribution >= 4 is 27.5 Å². The second-order valence-electron chi connectivity index (χ2n) is 5.99. The van der Waals surface area contributed by atoms with Gasteiger partial charge in [-0.2, -0.15) is 0 Å². The van der Waals surface area contributed by atoms with Crippen molar-refractivity contribution in [3.63, 3.8) is 0 Å². The summed E-state index contributed by atoms with van der Waals surface area (Å²) in [5, 5.41) is 6.21. The van der Waals surface area contributed by atoms with E-state index in [2.05, 4.69) is 40.4 Å². The van der Waals surface area contributed by atoms with E-state index >= 15 is 0 Å². The van der Waals surface area contributed by atoms with E-state index in [-0.39, 0.29) is 17.4 Å². The van der Waals surface area contributed by atoms with Crippen LogP contribution in [0.2, 0.25) is 0 Å². The SMILES string of the molecule is CCOC1CC(NCC(=O)Nc2ccc(Br)cc2)C1(C)C. The fraction of sp³-hybridized carbons (Fsp3) is 0.562. The molecule has 1 aromatic carbocycles. The number of carbonyl (C=O) groups is 1. The number of rotatable bonds is 6. The van der Waals surface area contributed by atoms with Crippen LogP contribution in [0.3, 0.4) is 0 Å². The molecule has 0 aromatic heterocycles. The molecule has 5 heteroatoms. The quantitative estimate of drug-likeness (QED) is 0.824. The van der Waals surface area contributed by atoms with E-state index in [0.717, 1.165) is 23.2 Å². The van der Waals surface area contributed by atoms with Crippen LogP contribution in [0.1, 0.15) is 27.2 Å². The normalized spacial score (nSPS) is 23.4.